The molecule has 2 amide bonds. The topological polar surface area (TPSA) is 58.8 Å². The Morgan fingerprint density at radius 3 is 2.41 bits per heavy atom. The van der Waals surface area contributed by atoms with E-state index in [1.165, 1.54) is 0 Å². The van der Waals surface area contributed by atoms with Crippen LogP contribution < -0.4 is 5.73 Å². The quantitative estimate of drug-likeness (QED) is 0.780. The van der Waals surface area contributed by atoms with Crippen LogP contribution in [0.25, 0.3) is 0 Å². The molecule has 0 atom stereocenters. The predicted molar refractivity (Wildman–Crippen MR) is 67.9 cm³/mol. The Morgan fingerprint density at radius 2 is 1.94 bits per heavy atom. The van der Waals surface area contributed by atoms with Gasteiger partial charge in [0.25, 0.3) is 0 Å². The van der Waals surface area contributed by atoms with Crippen molar-refractivity contribution in [1.29, 1.82) is 0 Å². The Bertz CT molecular complexity index is 226. The number of nitrogens with two attached hydrogens (primary N) is 1. The fourth-order valence-corrected chi connectivity index (χ4v) is 2.24. The highest BCUT2D eigenvalue weighted by Crippen LogP contribution is 2.12. The molecular formula is C12H25N3O2. The van der Waals surface area contributed by atoms with Crippen LogP contribution >= 0.6 is 0 Å². The van der Waals surface area contributed by atoms with Crippen molar-refractivity contribution in [1.82, 2.24) is 9.80 Å². The van der Waals surface area contributed by atoms with Gasteiger partial charge >= 0.3 is 6.03 Å². The van der Waals surface area contributed by atoms with E-state index in [2.05, 4.69) is 13.8 Å². The fraction of sp³-hybridized carbons (Fsp3) is 0.917. The van der Waals surface area contributed by atoms with E-state index in [-0.39, 0.29) is 6.03 Å². The molecule has 17 heavy (non-hydrogen) atoms. The highest BCUT2D eigenvalue weighted by molar-refractivity contribution is 5.75. The first-order valence-electron chi connectivity index (χ1n) is 6.57. The minimum atomic E-state index is 0.118. The highest BCUT2D eigenvalue weighted by Gasteiger charge is 2.26. The standard InChI is InChI=1S/C12H25N3O2/c1-3-11(4-2)15(6-5-13)12(16)14-7-9-17-10-8-14/h11H,3-10,13H2,1-2H3. The number of hydrogen-bond acceptors (Lipinski definition) is 3. The van der Waals surface area contributed by atoms with Gasteiger partial charge in [-0.25, -0.2) is 4.79 Å². The number of hydrogen-bond donors (Lipinski definition) is 1. The molecule has 0 aliphatic carbocycles. The summed E-state index contributed by atoms with van der Waals surface area (Å²) < 4.78 is 5.27. The average Bonchev–Trinajstić information content (AvgIpc) is 2.39. The van der Waals surface area contributed by atoms with E-state index >= 15 is 0 Å². The van der Waals surface area contributed by atoms with Crippen LogP contribution in [-0.2, 0) is 4.74 Å². The second-order valence-electron chi connectivity index (χ2n) is 4.33. The van der Waals surface area contributed by atoms with E-state index in [1.807, 2.05) is 9.80 Å². The molecule has 0 aromatic carbocycles. The van der Waals surface area contributed by atoms with E-state index in [1.54, 1.807) is 0 Å². The summed E-state index contributed by atoms with van der Waals surface area (Å²) in [5.74, 6) is 0. The van der Waals surface area contributed by atoms with E-state index < -0.39 is 0 Å². The number of morpholine rings is 1. The lowest BCUT2D eigenvalue weighted by Gasteiger charge is -2.36. The Morgan fingerprint density at radius 1 is 1.35 bits per heavy atom. The smallest absolute Gasteiger partial charge is 0.320 e. The molecule has 0 aromatic heterocycles. The van der Waals surface area contributed by atoms with Gasteiger partial charge in [-0.05, 0) is 12.8 Å². The van der Waals surface area contributed by atoms with Gasteiger partial charge in [0.2, 0.25) is 0 Å². The van der Waals surface area contributed by atoms with Gasteiger partial charge in [-0.15, -0.1) is 0 Å². The predicted octanol–water partition coefficient (Wildman–Crippen LogP) is 0.888. The Kier molecular flexibility index (Phi) is 6.29. The Labute approximate surface area is 104 Å². The van der Waals surface area contributed by atoms with Gasteiger partial charge in [0, 0.05) is 32.2 Å². The first-order valence-corrected chi connectivity index (χ1v) is 6.57. The maximum absolute atomic E-state index is 12.4. The third-order valence-corrected chi connectivity index (χ3v) is 3.28. The second-order valence-corrected chi connectivity index (χ2v) is 4.33. The molecule has 0 bridgehead atoms. The largest absolute Gasteiger partial charge is 0.378 e. The van der Waals surface area contributed by atoms with Crippen molar-refractivity contribution >= 4 is 6.03 Å². The van der Waals surface area contributed by atoms with Crippen LogP contribution in [0.3, 0.4) is 0 Å². The van der Waals surface area contributed by atoms with Crippen molar-refractivity contribution in [3.63, 3.8) is 0 Å². The number of carbonyl (C=O) groups is 1. The van der Waals surface area contributed by atoms with Crippen LogP contribution in [0.4, 0.5) is 4.79 Å². The van der Waals surface area contributed by atoms with Crippen LogP contribution in [0.5, 0.6) is 0 Å². The summed E-state index contributed by atoms with van der Waals surface area (Å²) >= 11 is 0. The minimum absolute atomic E-state index is 0.118. The minimum Gasteiger partial charge on any atom is -0.378 e. The van der Waals surface area contributed by atoms with Gasteiger partial charge in [-0.2, -0.15) is 0 Å². The fourth-order valence-electron chi connectivity index (χ4n) is 2.24. The van der Waals surface area contributed by atoms with Crippen molar-refractivity contribution < 1.29 is 9.53 Å². The monoisotopic (exact) mass is 243 g/mol. The van der Waals surface area contributed by atoms with Crippen molar-refractivity contribution in [3.05, 3.63) is 0 Å². The second kappa shape index (κ2) is 7.50. The zero-order valence-electron chi connectivity index (χ0n) is 11.0. The summed E-state index contributed by atoms with van der Waals surface area (Å²) in [4.78, 5) is 16.2. The Hall–Kier alpha value is -0.810. The SMILES string of the molecule is CCC(CC)N(CCN)C(=O)N1CCOCC1. The normalized spacial score (nSPS) is 16.4. The van der Waals surface area contributed by atoms with Gasteiger partial charge < -0.3 is 20.3 Å². The molecule has 100 valence electrons. The lowest BCUT2D eigenvalue weighted by Crippen LogP contribution is -2.52. The molecule has 1 aliphatic rings. The molecule has 0 saturated carbocycles. The molecular weight excluding hydrogens is 218 g/mol. The van der Waals surface area contributed by atoms with E-state index in [9.17, 15) is 4.79 Å². The lowest BCUT2D eigenvalue weighted by atomic mass is 10.1. The first-order chi connectivity index (χ1) is 8.24. The summed E-state index contributed by atoms with van der Waals surface area (Å²) in [7, 11) is 0. The van der Waals surface area contributed by atoms with Crippen LogP contribution in [0.15, 0.2) is 0 Å². The van der Waals surface area contributed by atoms with Gasteiger partial charge in [0.1, 0.15) is 0 Å². The number of rotatable bonds is 5. The van der Waals surface area contributed by atoms with Crippen LogP contribution in [0.2, 0.25) is 0 Å². The number of nitrogens with zero attached hydrogens (tertiary/aromatic N) is 2. The van der Waals surface area contributed by atoms with Gasteiger partial charge in [0.05, 0.1) is 13.2 Å². The summed E-state index contributed by atoms with van der Waals surface area (Å²) in [5.41, 5.74) is 5.61. The summed E-state index contributed by atoms with van der Waals surface area (Å²) in [6, 6.07) is 0.418. The Balaban J connectivity index is 2.63. The van der Waals surface area contributed by atoms with Crippen molar-refractivity contribution in [2.24, 2.45) is 5.73 Å². The summed E-state index contributed by atoms with van der Waals surface area (Å²) in [6.45, 7) is 8.07. The van der Waals surface area contributed by atoms with E-state index in [4.69, 9.17) is 10.5 Å². The third-order valence-electron chi connectivity index (χ3n) is 3.28. The van der Waals surface area contributed by atoms with Gasteiger partial charge in [0.15, 0.2) is 0 Å². The molecule has 1 heterocycles. The molecule has 1 aliphatic heterocycles. The van der Waals surface area contributed by atoms with Crippen molar-refractivity contribution in [2.45, 2.75) is 32.7 Å². The van der Waals surface area contributed by atoms with Crippen molar-refractivity contribution in [2.75, 3.05) is 39.4 Å². The molecule has 5 nitrogen and oxygen atoms in total. The molecule has 1 saturated heterocycles. The summed E-state index contributed by atoms with van der Waals surface area (Å²) in [5, 5.41) is 0. The number of ether oxygens (including phenoxy) is 1. The van der Waals surface area contributed by atoms with E-state index in [0.717, 1.165) is 12.8 Å². The molecule has 1 fully saturated rings. The van der Waals surface area contributed by atoms with Gasteiger partial charge in [-0.1, -0.05) is 13.8 Å². The first kappa shape index (κ1) is 14.3. The molecule has 1 rings (SSSR count). The van der Waals surface area contributed by atoms with E-state index in [0.29, 0.717) is 45.4 Å². The molecule has 2 N–H and O–H groups in total. The average molecular weight is 243 g/mol. The third kappa shape index (κ3) is 3.85. The van der Waals surface area contributed by atoms with Crippen LogP contribution in [-0.4, -0.2) is 61.3 Å². The number of urea groups is 1. The zero-order valence-corrected chi connectivity index (χ0v) is 11.0. The molecule has 0 aromatic rings. The molecule has 0 spiro atoms. The molecule has 0 radical (unpaired) electrons. The van der Waals surface area contributed by atoms with Gasteiger partial charge in [-0.3, -0.25) is 0 Å². The van der Waals surface area contributed by atoms with Crippen LogP contribution in [0.1, 0.15) is 26.7 Å². The maximum atomic E-state index is 12.4. The maximum Gasteiger partial charge on any atom is 0.320 e. The summed E-state index contributed by atoms with van der Waals surface area (Å²) in [6.07, 6.45) is 1.96. The van der Waals surface area contributed by atoms with Crippen LogP contribution in [0, 0.1) is 0 Å². The molecule has 5 heteroatoms. The zero-order chi connectivity index (χ0) is 12.7. The number of amides is 2. The lowest BCUT2D eigenvalue weighted by molar-refractivity contribution is 0.0389. The molecule has 0 unspecified atom stereocenters. The highest BCUT2D eigenvalue weighted by atomic mass is 16.5. The van der Waals surface area contributed by atoms with Crippen molar-refractivity contribution in [3.8, 4) is 0 Å². The number of carbonyl (C=O) groups excluding carboxylic acids is 1.